The highest BCUT2D eigenvalue weighted by atomic mass is 79.9. The van der Waals surface area contributed by atoms with Crippen LogP contribution in [0.4, 0.5) is 0 Å². The van der Waals surface area contributed by atoms with Gasteiger partial charge in [-0.25, -0.2) is 0 Å². The first-order chi connectivity index (χ1) is 6.68. The summed E-state index contributed by atoms with van der Waals surface area (Å²) in [5.41, 5.74) is 2.20. The zero-order valence-electron chi connectivity index (χ0n) is 8.46. The van der Waals surface area contributed by atoms with Gasteiger partial charge in [0.1, 0.15) is 0 Å². The number of aromatic nitrogens is 2. The first kappa shape index (κ1) is 10.1. The van der Waals surface area contributed by atoms with E-state index in [-0.39, 0.29) is 0 Å². The summed E-state index contributed by atoms with van der Waals surface area (Å²) in [6, 6.07) is 0. The first-order valence-electron chi connectivity index (χ1n) is 4.74. The Morgan fingerprint density at radius 3 is 2.86 bits per heavy atom. The molecule has 0 N–H and O–H groups in total. The van der Waals surface area contributed by atoms with Gasteiger partial charge in [-0.2, -0.15) is 10.2 Å². The second-order valence-electron chi connectivity index (χ2n) is 3.52. The second kappa shape index (κ2) is 4.00. The molecule has 14 heavy (non-hydrogen) atoms. The Kier molecular flexibility index (Phi) is 2.90. The minimum absolute atomic E-state index is 0.803. The van der Waals surface area contributed by atoms with Crippen molar-refractivity contribution in [2.75, 3.05) is 13.2 Å². The Morgan fingerprint density at radius 2 is 2.36 bits per heavy atom. The maximum Gasteiger partial charge on any atom is 0.0739 e. The molecule has 0 saturated carbocycles. The van der Waals surface area contributed by atoms with Crippen LogP contribution in [0.25, 0.3) is 0 Å². The number of halogens is 1. The van der Waals surface area contributed by atoms with Crippen molar-refractivity contribution >= 4 is 15.9 Å². The van der Waals surface area contributed by atoms with Crippen LogP contribution in [0.5, 0.6) is 0 Å². The van der Waals surface area contributed by atoms with Crippen molar-refractivity contribution in [2.45, 2.75) is 19.9 Å². The van der Waals surface area contributed by atoms with Crippen LogP contribution in [0.3, 0.4) is 0 Å². The topological polar surface area (TPSA) is 30.3 Å². The van der Waals surface area contributed by atoms with Gasteiger partial charge in [0.15, 0.2) is 0 Å². The molecule has 2 rings (SSSR count). The molecule has 1 fully saturated rings. The molecule has 78 valence electrons. The Labute approximate surface area is 91.9 Å². The molecular formula is C9H14BrN3O. The van der Waals surface area contributed by atoms with Crippen molar-refractivity contribution in [1.82, 2.24) is 14.8 Å². The fourth-order valence-electron chi connectivity index (χ4n) is 1.64. The molecular weight excluding hydrogens is 246 g/mol. The minimum Gasteiger partial charge on any atom is -0.299 e. The van der Waals surface area contributed by atoms with Crippen LogP contribution in [-0.4, -0.2) is 28.0 Å². The largest absolute Gasteiger partial charge is 0.299 e. The molecule has 5 heteroatoms. The van der Waals surface area contributed by atoms with Crippen molar-refractivity contribution in [1.29, 1.82) is 0 Å². The standard InChI is InChI=1S/C9H14BrN3O/c1-7-9(10)8(12(2)11-7)6-13-4-3-5-14-13/h3-6H2,1-2H3. The van der Waals surface area contributed by atoms with Crippen molar-refractivity contribution in [2.24, 2.45) is 7.05 Å². The molecule has 0 amide bonds. The number of nitrogens with zero attached hydrogens (tertiary/aromatic N) is 3. The van der Waals surface area contributed by atoms with Gasteiger partial charge in [-0.3, -0.25) is 9.52 Å². The summed E-state index contributed by atoms with van der Waals surface area (Å²) >= 11 is 3.54. The van der Waals surface area contributed by atoms with Crippen LogP contribution < -0.4 is 0 Å². The van der Waals surface area contributed by atoms with E-state index in [1.54, 1.807) is 0 Å². The van der Waals surface area contributed by atoms with Crippen LogP contribution in [-0.2, 0) is 18.4 Å². The lowest BCUT2D eigenvalue weighted by Gasteiger charge is -2.13. The predicted octanol–water partition coefficient (Wildman–Crippen LogP) is 1.63. The molecule has 1 aliphatic rings. The first-order valence-corrected chi connectivity index (χ1v) is 5.53. The summed E-state index contributed by atoms with van der Waals surface area (Å²) < 4.78 is 3.00. The van der Waals surface area contributed by atoms with E-state index in [0.29, 0.717) is 0 Å². The molecule has 0 aromatic carbocycles. The lowest BCUT2D eigenvalue weighted by atomic mass is 10.3. The smallest absolute Gasteiger partial charge is 0.0739 e. The lowest BCUT2D eigenvalue weighted by Crippen LogP contribution is -2.19. The van der Waals surface area contributed by atoms with E-state index in [2.05, 4.69) is 21.0 Å². The number of hydrogen-bond acceptors (Lipinski definition) is 3. The van der Waals surface area contributed by atoms with Crippen molar-refractivity contribution in [3.8, 4) is 0 Å². The maximum absolute atomic E-state index is 5.45. The normalized spacial score (nSPS) is 17.9. The molecule has 1 aromatic heterocycles. The molecule has 0 radical (unpaired) electrons. The highest BCUT2D eigenvalue weighted by molar-refractivity contribution is 9.10. The van der Waals surface area contributed by atoms with E-state index < -0.39 is 0 Å². The fraction of sp³-hybridized carbons (Fsp3) is 0.667. The van der Waals surface area contributed by atoms with Crippen LogP contribution >= 0.6 is 15.9 Å². The average molecular weight is 260 g/mol. The summed E-state index contributed by atoms with van der Waals surface area (Å²) in [5, 5.41) is 6.33. The summed E-state index contributed by atoms with van der Waals surface area (Å²) in [5.74, 6) is 0. The Hall–Kier alpha value is -0.390. The maximum atomic E-state index is 5.45. The molecule has 0 spiro atoms. The van der Waals surface area contributed by atoms with Gasteiger partial charge in [0.2, 0.25) is 0 Å². The molecule has 1 aromatic rings. The van der Waals surface area contributed by atoms with Crippen molar-refractivity contribution < 1.29 is 4.84 Å². The fourth-order valence-corrected chi connectivity index (χ4v) is 2.10. The Morgan fingerprint density at radius 1 is 1.57 bits per heavy atom. The van der Waals surface area contributed by atoms with Crippen molar-refractivity contribution in [3.05, 3.63) is 15.9 Å². The van der Waals surface area contributed by atoms with Crippen molar-refractivity contribution in [3.63, 3.8) is 0 Å². The van der Waals surface area contributed by atoms with E-state index in [9.17, 15) is 0 Å². The molecule has 0 bridgehead atoms. The monoisotopic (exact) mass is 259 g/mol. The second-order valence-corrected chi connectivity index (χ2v) is 4.31. The molecule has 1 saturated heterocycles. The summed E-state index contributed by atoms with van der Waals surface area (Å²) in [4.78, 5) is 5.45. The third kappa shape index (κ3) is 1.85. The number of rotatable bonds is 2. The molecule has 1 aliphatic heterocycles. The van der Waals surface area contributed by atoms with Gasteiger partial charge >= 0.3 is 0 Å². The van der Waals surface area contributed by atoms with Crippen LogP contribution in [0.2, 0.25) is 0 Å². The predicted molar refractivity (Wildman–Crippen MR) is 56.6 cm³/mol. The van der Waals surface area contributed by atoms with Gasteiger partial charge in [0, 0.05) is 13.6 Å². The van der Waals surface area contributed by atoms with Gasteiger partial charge in [-0.15, -0.1) is 0 Å². The lowest BCUT2D eigenvalue weighted by molar-refractivity contribution is -0.118. The Bertz CT molecular complexity index is 331. The van der Waals surface area contributed by atoms with Gasteiger partial charge in [0.25, 0.3) is 0 Å². The summed E-state index contributed by atoms with van der Waals surface area (Å²) in [6.07, 6.45) is 1.12. The third-order valence-electron chi connectivity index (χ3n) is 2.41. The van der Waals surface area contributed by atoms with E-state index >= 15 is 0 Å². The van der Waals surface area contributed by atoms with Gasteiger partial charge in [-0.1, -0.05) is 0 Å². The van der Waals surface area contributed by atoms with Crippen LogP contribution in [0.15, 0.2) is 4.47 Å². The quantitative estimate of drug-likeness (QED) is 0.809. The molecule has 4 nitrogen and oxygen atoms in total. The van der Waals surface area contributed by atoms with Crippen LogP contribution in [0, 0.1) is 6.92 Å². The molecule has 0 atom stereocenters. The number of hydrogen-bond donors (Lipinski definition) is 0. The summed E-state index contributed by atoms with van der Waals surface area (Å²) in [6.45, 7) is 4.65. The van der Waals surface area contributed by atoms with E-state index in [0.717, 1.165) is 36.3 Å². The molecule has 0 unspecified atom stereocenters. The van der Waals surface area contributed by atoms with Gasteiger partial charge < -0.3 is 0 Å². The van der Waals surface area contributed by atoms with E-state index in [4.69, 9.17) is 4.84 Å². The van der Waals surface area contributed by atoms with Gasteiger partial charge in [-0.05, 0) is 29.3 Å². The van der Waals surface area contributed by atoms with Crippen LogP contribution in [0.1, 0.15) is 17.8 Å². The average Bonchev–Trinajstić information content (AvgIpc) is 2.71. The third-order valence-corrected chi connectivity index (χ3v) is 3.44. The molecule has 2 heterocycles. The zero-order chi connectivity index (χ0) is 10.1. The highest BCUT2D eigenvalue weighted by Crippen LogP contribution is 2.22. The number of hydroxylamine groups is 2. The van der Waals surface area contributed by atoms with Gasteiger partial charge in [0.05, 0.1) is 29.0 Å². The van der Waals surface area contributed by atoms with E-state index in [1.165, 1.54) is 5.69 Å². The summed E-state index contributed by atoms with van der Waals surface area (Å²) in [7, 11) is 1.96. The Balaban J connectivity index is 2.14. The highest BCUT2D eigenvalue weighted by Gasteiger charge is 2.18. The molecule has 0 aliphatic carbocycles. The number of aryl methyl sites for hydroxylation is 2. The SMILES string of the molecule is Cc1nn(C)c(CN2CCCO2)c1Br. The minimum atomic E-state index is 0.803. The zero-order valence-corrected chi connectivity index (χ0v) is 10.0. The van der Waals surface area contributed by atoms with E-state index in [1.807, 2.05) is 23.7 Å².